The molecule has 0 saturated carbocycles. The molecule has 0 atom stereocenters. The molecule has 0 amide bonds. The first-order valence-corrected chi connectivity index (χ1v) is 3.83. The van der Waals surface area contributed by atoms with Crippen LogP contribution in [0.15, 0.2) is 19.4 Å². The fraction of sp³-hybridized carbons (Fsp3) is 0.100. The normalized spacial score (nSPS) is 9.62. The molecule has 0 saturated heterocycles. The first-order valence-electron chi connectivity index (χ1n) is 3.83. The molecule has 0 aliphatic rings. The van der Waals surface area contributed by atoms with Gasteiger partial charge in [0, 0.05) is 11.1 Å². The van der Waals surface area contributed by atoms with Crippen molar-refractivity contribution in [1.82, 2.24) is 0 Å². The minimum absolute atomic E-state index is 0.190. The highest BCUT2D eigenvalue weighted by Crippen LogP contribution is 2.31. The van der Waals surface area contributed by atoms with Gasteiger partial charge in [-0.3, -0.25) is 0 Å². The van der Waals surface area contributed by atoms with E-state index in [-0.39, 0.29) is 11.6 Å². The van der Waals surface area contributed by atoms with Crippen LogP contribution in [0.5, 0.6) is 11.6 Å². The van der Waals surface area contributed by atoms with E-state index in [9.17, 15) is 10.2 Å². The van der Waals surface area contributed by atoms with Crippen LogP contribution in [0.25, 0.3) is 11.6 Å². The third-order valence-electron chi connectivity index (χ3n) is 1.76. The van der Waals surface area contributed by atoms with E-state index in [0.717, 1.165) is 0 Å². The van der Waals surface area contributed by atoms with Gasteiger partial charge in [0.25, 0.3) is 0 Å². The lowest BCUT2D eigenvalue weighted by molar-refractivity contribution is -0.395. The highest BCUT2D eigenvalue weighted by molar-refractivity contribution is 5.75. The average Bonchev–Trinajstić information content (AvgIpc) is 2.08. The number of allylic oxidation sites excluding steroid dienone is 1. The Kier molecular flexibility index (Phi) is 2.37. The van der Waals surface area contributed by atoms with Crippen LogP contribution in [0, 0.1) is 0 Å². The predicted molar refractivity (Wildman–Crippen MR) is 51.1 cm³/mol. The van der Waals surface area contributed by atoms with Gasteiger partial charge in [0.05, 0.1) is 0 Å². The van der Waals surface area contributed by atoms with Gasteiger partial charge < -0.3 is 10.2 Å². The number of aromatic nitrogens is 1. The van der Waals surface area contributed by atoms with Crippen molar-refractivity contribution in [2.75, 3.05) is 0 Å². The van der Waals surface area contributed by atoms with Crippen molar-refractivity contribution >= 4 is 11.6 Å². The molecule has 1 rings (SSSR count). The van der Waals surface area contributed by atoms with Gasteiger partial charge in [0.2, 0.25) is 5.75 Å². The van der Waals surface area contributed by atoms with Gasteiger partial charge in [0.15, 0.2) is 6.20 Å². The Morgan fingerprint density at radius 2 is 2.15 bits per heavy atom. The summed E-state index contributed by atoms with van der Waals surface area (Å²) < 4.78 is 0. The van der Waals surface area contributed by atoms with Crippen LogP contribution in [0.4, 0.5) is 0 Å². The maximum Gasteiger partial charge on any atom is 0.407 e. The van der Waals surface area contributed by atoms with Gasteiger partial charge in [-0.2, -0.15) is 4.98 Å². The third kappa shape index (κ3) is 1.54. The molecule has 13 heavy (non-hydrogen) atoms. The number of aromatic amines is 1. The van der Waals surface area contributed by atoms with Crippen LogP contribution in [-0.2, 0) is 0 Å². The molecule has 68 valence electrons. The lowest BCUT2D eigenvalue weighted by Gasteiger charge is -2.04. The number of nitrogens with one attached hydrogen (secondary N) is 1. The Hall–Kier alpha value is -1.77. The smallest absolute Gasteiger partial charge is 0.407 e. The molecule has 3 heteroatoms. The predicted octanol–water partition coefficient (Wildman–Crippen LogP) is 1.59. The number of hydrogen-bond donors (Lipinski definition) is 2. The van der Waals surface area contributed by atoms with Crippen molar-refractivity contribution in [2.45, 2.75) is 6.92 Å². The third-order valence-corrected chi connectivity index (χ3v) is 1.76. The van der Waals surface area contributed by atoms with Gasteiger partial charge >= 0.3 is 5.88 Å². The molecule has 0 bridgehead atoms. The Labute approximate surface area is 76.7 Å². The molecule has 3 nitrogen and oxygen atoms in total. The fourth-order valence-corrected chi connectivity index (χ4v) is 1.15. The first-order chi connectivity index (χ1) is 6.07. The quantitative estimate of drug-likeness (QED) is 0.722. The van der Waals surface area contributed by atoms with Crippen LogP contribution < -0.4 is 4.98 Å². The van der Waals surface area contributed by atoms with Gasteiger partial charge in [0.1, 0.15) is 0 Å². The van der Waals surface area contributed by atoms with Gasteiger partial charge in [-0.25, -0.2) is 0 Å². The number of hydrogen-bond acceptors (Lipinski definition) is 2. The number of rotatable bonds is 2. The van der Waals surface area contributed by atoms with E-state index in [0.29, 0.717) is 16.7 Å². The highest BCUT2D eigenvalue weighted by atomic mass is 16.3. The Bertz CT molecular complexity index is 369. The minimum Gasteiger partial charge on any atom is -0.499 e. The van der Waals surface area contributed by atoms with E-state index in [1.807, 2.05) is 0 Å². The number of H-pyrrole nitrogens is 1. The van der Waals surface area contributed by atoms with Gasteiger partial charge in [-0.05, 0) is 12.5 Å². The second-order valence-electron chi connectivity index (χ2n) is 2.80. The number of pyridine rings is 1. The highest BCUT2D eigenvalue weighted by Gasteiger charge is 2.16. The molecular weight excluding hydrogens is 166 g/mol. The van der Waals surface area contributed by atoms with Crippen LogP contribution >= 0.6 is 0 Å². The summed E-state index contributed by atoms with van der Waals surface area (Å²) in [5.41, 5.74) is 1.91. The molecule has 1 aromatic heterocycles. The van der Waals surface area contributed by atoms with Gasteiger partial charge in [-0.1, -0.05) is 19.2 Å². The fourth-order valence-electron chi connectivity index (χ4n) is 1.15. The lowest BCUT2D eigenvalue weighted by atomic mass is 10.0. The average molecular weight is 178 g/mol. The molecular formula is C10H12NO2+. The molecule has 0 aliphatic carbocycles. The van der Waals surface area contributed by atoms with Crippen LogP contribution in [0.1, 0.15) is 18.1 Å². The van der Waals surface area contributed by atoms with Gasteiger partial charge in [-0.15, -0.1) is 0 Å². The Balaban J connectivity index is 3.50. The second kappa shape index (κ2) is 3.31. The summed E-state index contributed by atoms with van der Waals surface area (Å²) in [6.45, 7) is 9.05. The first kappa shape index (κ1) is 9.32. The number of aromatic hydroxyl groups is 2. The Morgan fingerprint density at radius 1 is 1.54 bits per heavy atom. The second-order valence-corrected chi connectivity index (χ2v) is 2.80. The summed E-state index contributed by atoms with van der Waals surface area (Å²) in [5, 5.41) is 18.7. The summed E-state index contributed by atoms with van der Waals surface area (Å²) in [4.78, 5) is 2.51. The van der Waals surface area contributed by atoms with Crippen molar-refractivity contribution in [3.63, 3.8) is 0 Å². The van der Waals surface area contributed by atoms with Crippen LogP contribution in [0.2, 0.25) is 0 Å². The summed E-state index contributed by atoms with van der Waals surface area (Å²) >= 11 is 0. The van der Waals surface area contributed by atoms with Crippen molar-refractivity contribution in [2.24, 2.45) is 0 Å². The molecule has 1 heterocycles. The largest absolute Gasteiger partial charge is 0.499 e. The van der Waals surface area contributed by atoms with E-state index in [1.54, 1.807) is 19.2 Å². The maximum absolute atomic E-state index is 9.49. The monoisotopic (exact) mass is 178 g/mol. The van der Waals surface area contributed by atoms with E-state index >= 15 is 0 Å². The standard InChI is InChI=1S/C10H11NO2/c1-4-7-5-11-10(13)9(12)8(7)6(2)3/h4-5,12H,1-2H2,3H3,(H,11,13)/p+1. The zero-order valence-electron chi connectivity index (χ0n) is 7.46. The molecule has 0 fully saturated rings. The topological polar surface area (TPSA) is 54.6 Å². The minimum atomic E-state index is -0.261. The van der Waals surface area contributed by atoms with Crippen molar-refractivity contribution in [3.8, 4) is 11.6 Å². The molecule has 1 aromatic rings. The molecule has 0 radical (unpaired) electrons. The lowest BCUT2D eigenvalue weighted by Crippen LogP contribution is -2.04. The zero-order chi connectivity index (χ0) is 10.0. The zero-order valence-corrected chi connectivity index (χ0v) is 7.46. The SMILES string of the molecule is C=Cc1c[nH+]c(O)c(O)c1C(=C)C. The van der Waals surface area contributed by atoms with Crippen LogP contribution in [-0.4, -0.2) is 10.2 Å². The van der Waals surface area contributed by atoms with Crippen molar-refractivity contribution in [3.05, 3.63) is 30.5 Å². The molecule has 3 N–H and O–H groups in total. The summed E-state index contributed by atoms with van der Waals surface area (Å²) in [6, 6.07) is 0. The molecule has 0 aliphatic heterocycles. The van der Waals surface area contributed by atoms with Crippen molar-refractivity contribution in [1.29, 1.82) is 0 Å². The summed E-state index contributed by atoms with van der Waals surface area (Å²) in [5.74, 6) is -0.450. The Morgan fingerprint density at radius 3 is 2.62 bits per heavy atom. The van der Waals surface area contributed by atoms with Crippen LogP contribution in [0.3, 0.4) is 0 Å². The maximum atomic E-state index is 9.49. The molecule has 0 aromatic carbocycles. The molecule has 0 unspecified atom stereocenters. The van der Waals surface area contributed by atoms with E-state index in [2.05, 4.69) is 18.1 Å². The summed E-state index contributed by atoms with van der Waals surface area (Å²) in [6.07, 6.45) is 3.14. The van der Waals surface area contributed by atoms with E-state index in [4.69, 9.17) is 0 Å². The summed E-state index contributed by atoms with van der Waals surface area (Å²) in [7, 11) is 0. The van der Waals surface area contributed by atoms with E-state index in [1.165, 1.54) is 0 Å². The van der Waals surface area contributed by atoms with Crippen molar-refractivity contribution < 1.29 is 15.2 Å². The van der Waals surface area contributed by atoms with E-state index < -0.39 is 0 Å². The molecule has 0 spiro atoms.